The molecule has 1 amide bonds. The SMILES string of the molecule is CC(=O)Nc1cnccc1CCCN=C(NC1CCCCC1)SC1OCC(O)C1O. The minimum absolute atomic E-state index is 0.116. The van der Waals surface area contributed by atoms with Gasteiger partial charge in [0.25, 0.3) is 0 Å². The number of thioether (sulfide) groups is 1. The van der Waals surface area contributed by atoms with Gasteiger partial charge in [-0.3, -0.25) is 14.8 Å². The Balaban J connectivity index is 1.58. The van der Waals surface area contributed by atoms with Crippen LogP contribution < -0.4 is 10.6 Å². The number of aliphatic imine (C=N–C) groups is 1. The molecule has 1 aliphatic heterocycles. The van der Waals surface area contributed by atoms with E-state index >= 15 is 0 Å². The van der Waals surface area contributed by atoms with E-state index in [2.05, 4.69) is 15.6 Å². The number of hydrogen-bond donors (Lipinski definition) is 4. The average Bonchev–Trinajstić information content (AvgIpc) is 3.04. The molecule has 30 heavy (non-hydrogen) atoms. The molecule has 3 rings (SSSR count). The topological polar surface area (TPSA) is 116 Å². The minimum Gasteiger partial charge on any atom is -0.388 e. The summed E-state index contributed by atoms with van der Waals surface area (Å²) in [5.74, 6) is -0.116. The van der Waals surface area contributed by atoms with Gasteiger partial charge in [-0.05, 0) is 37.3 Å². The number of amides is 1. The summed E-state index contributed by atoms with van der Waals surface area (Å²) in [7, 11) is 0. The van der Waals surface area contributed by atoms with Gasteiger partial charge in [0.05, 0.1) is 18.5 Å². The van der Waals surface area contributed by atoms with Gasteiger partial charge in [0.2, 0.25) is 5.91 Å². The molecule has 0 bridgehead atoms. The molecule has 2 fully saturated rings. The van der Waals surface area contributed by atoms with Crippen LogP contribution in [0, 0.1) is 0 Å². The highest BCUT2D eigenvalue weighted by Gasteiger charge is 2.36. The van der Waals surface area contributed by atoms with Gasteiger partial charge in [-0.1, -0.05) is 31.0 Å². The number of pyridine rings is 1. The Bertz CT molecular complexity index is 727. The van der Waals surface area contributed by atoms with Crippen molar-refractivity contribution in [2.75, 3.05) is 18.5 Å². The highest BCUT2D eigenvalue weighted by atomic mass is 32.2. The summed E-state index contributed by atoms with van der Waals surface area (Å²) < 4.78 is 5.52. The minimum atomic E-state index is -0.912. The quantitative estimate of drug-likeness (QED) is 0.294. The maximum Gasteiger partial charge on any atom is 0.221 e. The highest BCUT2D eigenvalue weighted by molar-refractivity contribution is 8.14. The van der Waals surface area contributed by atoms with E-state index < -0.39 is 17.6 Å². The van der Waals surface area contributed by atoms with Gasteiger partial charge in [0, 0.05) is 25.7 Å². The molecule has 0 radical (unpaired) electrons. The molecule has 9 heteroatoms. The van der Waals surface area contributed by atoms with Crippen molar-refractivity contribution in [3.8, 4) is 0 Å². The van der Waals surface area contributed by atoms with Crippen LogP contribution in [-0.2, 0) is 16.0 Å². The van der Waals surface area contributed by atoms with E-state index in [9.17, 15) is 15.0 Å². The lowest BCUT2D eigenvalue weighted by molar-refractivity contribution is -0.114. The first-order chi connectivity index (χ1) is 14.5. The van der Waals surface area contributed by atoms with Crippen molar-refractivity contribution in [1.29, 1.82) is 0 Å². The number of nitrogens with zero attached hydrogens (tertiary/aromatic N) is 2. The third kappa shape index (κ3) is 6.94. The monoisotopic (exact) mass is 436 g/mol. The fourth-order valence-corrected chi connectivity index (χ4v) is 4.81. The Labute approximate surface area is 181 Å². The zero-order valence-corrected chi connectivity index (χ0v) is 18.2. The number of aromatic nitrogens is 1. The second kappa shape index (κ2) is 11.6. The predicted molar refractivity (Wildman–Crippen MR) is 119 cm³/mol. The Morgan fingerprint density at radius 3 is 2.83 bits per heavy atom. The first-order valence-electron chi connectivity index (χ1n) is 10.7. The van der Waals surface area contributed by atoms with Crippen molar-refractivity contribution in [3.05, 3.63) is 24.0 Å². The standard InChI is InChI=1S/C21H32N4O4S/c1-14(26)24-17-12-22-11-9-15(17)6-5-10-23-21(25-16-7-3-2-4-8-16)30-20-19(28)18(27)13-29-20/h9,11-12,16,18-20,27-28H,2-8,10,13H2,1H3,(H,23,25)(H,24,26). The molecule has 1 saturated heterocycles. The van der Waals surface area contributed by atoms with Gasteiger partial charge in [-0.2, -0.15) is 0 Å². The number of carbonyl (C=O) groups is 1. The van der Waals surface area contributed by atoms with E-state index in [-0.39, 0.29) is 12.5 Å². The lowest BCUT2D eigenvalue weighted by Gasteiger charge is -2.25. The largest absolute Gasteiger partial charge is 0.388 e. The van der Waals surface area contributed by atoms with Crippen LogP contribution in [0.1, 0.15) is 51.0 Å². The number of ether oxygens (including phenoxy) is 1. The molecule has 1 saturated carbocycles. The lowest BCUT2D eigenvalue weighted by Crippen LogP contribution is -2.37. The Morgan fingerprint density at radius 1 is 1.33 bits per heavy atom. The summed E-state index contributed by atoms with van der Waals surface area (Å²) in [6, 6.07) is 2.30. The predicted octanol–water partition coefficient (Wildman–Crippen LogP) is 2.06. The van der Waals surface area contributed by atoms with Gasteiger partial charge in [-0.25, -0.2) is 0 Å². The third-order valence-corrected chi connectivity index (χ3v) is 6.46. The van der Waals surface area contributed by atoms with Gasteiger partial charge < -0.3 is 25.6 Å². The summed E-state index contributed by atoms with van der Waals surface area (Å²) in [4.78, 5) is 20.2. The maximum atomic E-state index is 11.4. The van der Waals surface area contributed by atoms with Crippen LogP contribution in [-0.4, -0.2) is 63.1 Å². The number of carbonyl (C=O) groups excluding carboxylic acids is 1. The normalized spacial score (nSPS) is 25.3. The molecule has 3 unspecified atom stereocenters. The smallest absolute Gasteiger partial charge is 0.221 e. The van der Waals surface area contributed by atoms with Crippen LogP contribution >= 0.6 is 11.8 Å². The van der Waals surface area contributed by atoms with Crippen molar-refractivity contribution in [1.82, 2.24) is 10.3 Å². The van der Waals surface area contributed by atoms with Crippen LogP contribution in [0.15, 0.2) is 23.5 Å². The van der Waals surface area contributed by atoms with Gasteiger partial charge in [-0.15, -0.1) is 0 Å². The Hall–Kier alpha value is -1.68. The fourth-order valence-electron chi connectivity index (χ4n) is 3.72. The van der Waals surface area contributed by atoms with E-state index in [0.29, 0.717) is 12.6 Å². The first kappa shape index (κ1) is 23.0. The number of aryl methyl sites for hydroxylation is 1. The van der Waals surface area contributed by atoms with Crippen LogP contribution in [0.5, 0.6) is 0 Å². The molecule has 4 N–H and O–H groups in total. The molecule has 1 aromatic rings. The number of aliphatic hydroxyl groups excluding tert-OH is 2. The number of nitrogens with one attached hydrogen (secondary N) is 2. The molecular weight excluding hydrogens is 404 g/mol. The molecule has 0 aromatic carbocycles. The Kier molecular flexibility index (Phi) is 8.92. The zero-order valence-electron chi connectivity index (χ0n) is 17.4. The lowest BCUT2D eigenvalue weighted by atomic mass is 9.96. The number of aliphatic hydroxyl groups is 2. The zero-order chi connectivity index (χ0) is 21.3. The summed E-state index contributed by atoms with van der Waals surface area (Å²) in [6.07, 6.45) is 9.14. The van der Waals surface area contributed by atoms with Crippen molar-refractivity contribution in [3.63, 3.8) is 0 Å². The van der Waals surface area contributed by atoms with E-state index in [1.54, 1.807) is 12.4 Å². The molecule has 1 aliphatic carbocycles. The van der Waals surface area contributed by atoms with Gasteiger partial charge >= 0.3 is 0 Å². The van der Waals surface area contributed by atoms with Crippen LogP contribution in [0.25, 0.3) is 0 Å². The van der Waals surface area contributed by atoms with E-state index in [4.69, 9.17) is 9.73 Å². The number of amidine groups is 1. The van der Waals surface area contributed by atoms with Gasteiger partial charge in [0.15, 0.2) is 5.17 Å². The van der Waals surface area contributed by atoms with Crippen molar-refractivity contribution < 1.29 is 19.7 Å². The van der Waals surface area contributed by atoms with E-state index in [1.807, 2.05) is 6.07 Å². The second-order valence-corrected chi connectivity index (χ2v) is 8.95. The highest BCUT2D eigenvalue weighted by Crippen LogP contribution is 2.27. The van der Waals surface area contributed by atoms with E-state index in [0.717, 1.165) is 42.1 Å². The van der Waals surface area contributed by atoms with E-state index in [1.165, 1.54) is 37.9 Å². The summed E-state index contributed by atoms with van der Waals surface area (Å²) in [6.45, 7) is 2.23. The van der Waals surface area contributed by atoms with Crippen LogP contribution in [0.2, 0.25) is 0 Å². The molecular formula is C21H32N4O4S. The maximum absolute atomic E-state index is 11.4. The molecule has 0 spiro atoms. The molecule has 2 aliphatic rings. The number of anilines is 1. The van der Waals surface area contributed by atoms with Gasteiger partial charge in [0.1, 0.15) is 17.6 Å². The summed E-state index contributed by atoms with van der Waals surface area (Å²) in [5.41, 5.74) is 1.25. The third-order valence-electron chi connectivity index (χ3n) is 5.35. The molecule has 3 atom stereocenters. The molecule has 8 nitrogen and oxygen atoms in total. The first-order valence-corrected chi connectivity index (χ1v) is 11.6. The Morgan fingerprint density at radius 2 is 2.13 bits per heavy atom. The molecule has 1 aromatic heterocycles. The average molecular weight is 437 g/mol. The van der Waals surface area contributed by atoms with Crippen molar-refractivity contribution >= 4 is 28.5 Å². The van der Waals surface area contributed by atoms with Crippen molar-refractivity contribution in [2.45, 2.75) is 75.6 Å². The summed E-state index contributed by atoms with van der Waals surface area (Å²) >= 11 is 1.36. The number of rotatable bonds is 7. The van der Waals surface area contributed by atoms with Crippen molar-refractivity contribution in [2.24, 2.45) is 4.99 Å². The molecule has 2 heterocycles. The fraction of sp³-hybridized carbons (Fsp3) is 0.667. The summed E-state index contributed by atoms with van der Waals surface area (Å²) in [5, 5.41) is 27.0. The molecule has 166 valence electrons. The van der Waals surface area contributed by atoms with Crippen LogP contribution in [0.4, 0.5) is 5.69 Å². The van der Waals surface area contributed by atoms with Crippen LogP contribution in [0.3, 0.4) is 0 Å². The number of hydrogen-bond acceptors (Lipinski definition) is 7. The second-order valence-electron chi connectivity index (χ2n) is 7.86.